The largest absolute Gasteiger partial charge is 0.492 e. The van der Waals surface area contributed by atoms with E-state index in [2.05, 4.69) is 10.6 Å². The minimum atomic E-state index is -3.13. The lowest BCUT2D eigenvalue weighted by atomic mass is 10.2. The van der Waals surface area contributed by atoms with Crippen molar-refractivity contribution in [3.05, 3.63) is 48.0 Å². The van der Waals surface area contributed by atoms with Crippen LogP contribution < -0.4 is 20.1 Å². The van der Waals surface area contributed by atoms with Crippen LogP contribution in [0.4, 0.5) is 11.4 Å². The van der Waals surface area contributed by atoms with Crippen LogP contribution in [0, 0.1) is 0 Å². The molecule has 2 rings (SSSR count). The van der Waals surface area contributed by atoms with E-state index in [0.29, 0.717) is 41.7 Å². The smallest absolute Gasteiger partial charge is 0.255 e. The van der Waals surface area contributed by atoms with Crippen molar-refractivity contribution in [2.45, 2.75) is 26.7 Å². The average Bonchev–Trinajstić information content (AvgIpc) is 2.71. The predicted octanol–water partition coefficient (Wildman–Crippen LogP) is 3.50. The lowest BCUT2D eigenvalue weighted by Crippen LogP contribution is -2.16. The van der Waals surface area contributed by atoms with Crippen molar-refractivity contribution in [3.8, 4) is 11.5 Å². The average molecular weight is 449 g/mol. The van der Waals surface area contributed by atoms with Gasteiger partial charge in [0.15, 0.2) is 0 Å². The molecule has 0 bridgehead atoms. The van der Waals surface area contributed by atoms with Gasteiger partial charge in [-0.15, -0.1) is 0 Å². The van der Waals surface area contributed by atoms with Crippen molar-refractivity contribution in [2.75, 3.05) is 35.9 Å². The topological polar surface area (TPSA) is 111 Å². The summed E-state index contributed by atoms with van der Waals surface area (Å²) in [4.78, 5) is 24.9. The summed E-state index contributed by atoms with van der Waals surface area (Å²) < 4.78 is 33.8. The first-order valence-corrected chi connectivity index (χ1v) is 12.1. The van der Waals surface area contributed by atoms with E-state index in [1.807, 2.05) is 13.0 Å². The van der Waals surface area contributed by atoms with Crippen molar-refractivity contribution in [1.29, 1.82) is 0 Å². The van der Waals surface area contributed by atoms with Crippen molar-refractivity contribution in [1.82, 2.24) is 0 Å². The molecule has 8 nitrogen and oxygen atoms in total. The zero-order chi connectivity index (χ0) is 22.9. The van der Waals surface area contributed by atoms with Crippen LogP contribution in [0.2, 0.25) is 0 Å². The van der Waals surface area contributed by atoms with Gasteiger partial charge in [-0.1, -0.05) is 18.2 Å². The molecule has 2 aromatic carbocycles. The molecule has 2 N–H and O–H groups in total. The fourth-order valence-electron chi connectivity index (χ4n) is 2.80. The van der Waals surface area contributed by atoms with Crippen LogP contribution in [0.1, 0.15) is 37.0 Å². The number of amides is 2. The molecule has 168 valence electrons. The molecule has 0 atom stereocenters. The normalized spacial score (nSPS) is 10.9. The standard InChI is InChI=1S/C22H28N2O6S/c1-4-29-19-15-18(24-22(26)16-10-7-6-8-11-16)20(30-5-2)14-17(19)23-21(25)12-9-13-31(3,27)28/h6-8,10-11,14-15H,4-5,9,12-13H2,1-3H3,(H,23,25)(H,24,26). The number of benzene rings is 2. The second-order valence-corrected chi connectivity index (χ2v) is 9.07. The third-order valence-electron chi connectivity index (χ3n) is 4.16. The molecule has 9 heteroatoms. The maximum atomic E-state index is 12.6. The van der Waals surface area contributed by atoms with Crippen LogP contribution in [0.15, 0.2) is 42.5 Å². The number of carbonyl (C=O) groups is 2. The van der Waals surface area contributed by atoms with Gasteiger partial charge in [0.1, 0.15) is 21.3 Å². The number of sulfone groups is 1. The van der Waals surface area contributed by atoms with Crippen LogP contribution in [0.3, 0.4) is 0 Å². The molecule has 31 heavy (non-hydrogen) atoms. The molecule has 0 fully saturated rings. The maximum Gasteiger partial charge on any atom is 0.255 e. The van der Waals surface area contributed by atoms with E-state index in [1.165, 1.54) is 0 Å². The molecular formula is C22H28N2O6S. The molecule has 0 saturated carbocycles. The minimum absolute atomic E-state index is 0.0507. The van der Waals surface area contributed by atoms with E-state index in [0.717, 1.165) is 6.26 Å². The first kappa shape index (κ1) is 24.2. The Morgan fingerprint density at radius 1 is 0.903 bits per heavy atom. The fourth-order valence-corrected chi connectivity index (χ4v) is 3.47. The van der Waals surface area contributed by atoms with E-state index < -0.39 is 9.84 Å². The summed E-state index contributed by atoms with van der Waals surface area (Å²) >= 11 is 0. The van der Waals surface area contributed by atoms with E-state index >= 15 is 0 Å². The molecule has 0 unspecified atom stereocenters. The Morgan fingerprint density at radius 3 is 1.97 bits per heavy atom. The number of anilines is 2. The zero-order valence-electron chi connectivity index (χ0n) is 17.9. The molecule has 2 amide bonds. The number of rotatable bonds is 11. The summed E-state index contributed by atoms with van der Waals surface area (Å²) in [6, 6.07) is 11.9. The number of ether oxygens (including phenoxy) is 2. The van der Waals surface area contributed by atoms with Crippen molar-refractivity contribution >= 4 is 33.0 Å². The molecule has 0 aliphatic heterocycles. The summed E-state index contributed by atoms with van der Waals surface area (Å²) in [6.07, 6.45) is 1.40. The highest BCUT2D eigenvalue weighted by atomic mass is 32.2. The lowest BCUT2D eigenvalue weighted by Gasteiger charge is -2.18. The molecular weight excluding hydrogens is 420 g/mol. The number of hydrogen-bond donors (Lipinski definition) is 2. The third-order valence-corrected chi connectivity index (χ3v) is 5.19. The molecule has 2 aromatic rings. The van der Waals surface area contributed by atoms with Gasteiger partial charge < -0.3 is 20.1 Å². The Balaban J connectivity index is 2.25. The van der Waals surface area contributed by atoms with Crippen LogP contribution in [0.5, 0.6) is 11.5 Å². The van der Waals surface area contributed by atoms with E-state index in [1.54, 1.807) is 43.3 Å². The maximum absolute atomic E-state index is 12.6. The van der Waals surface area contributed by atoms with E-state index in [4.69, 9.17) is 9.47 Å². The number of nitrogens with one attached hydrogen (secondary N) is 2. The first-order chi connectivity index (χ1) is 14.7. The Hall–Kier alpha value is -3.07. The Morgan fingerprint density at radius 2 is 1.45 bits per heavy atom. The van der Waals surface area contributed by atoms with Crippen LogP contribution in [-0.2, 0) is 14.6 Å². The molecule has 0 heterocycles. The number of carbonyl (C=O) groups excluding carboxylic acids is 2. The van der Waals surface area contributed by atoms with Gasteiger partial charge in [-0.3, -0.25) is 9.59 Å². The van der Waals surface area contributed by atoms with E-state index in [-0.39, 0.29) is 30.4 Å². The summed E-state index contributed by atoms with van der Waals surface area (Å²) in [6.45, 7) is 4.31. The van der Waals surface area contributed by atoms with Gasteiger partial charge in [0.05, 0.1) is 30.3 Å². The summed E-state index contributed by atoms with van der Waals surface area (Å²) in [5.41, 5.74) is 1.28. The highest BCUT2D eigenvalue weighted by Crippen LogP contribution is 2.37. The predicted molar refractivity (Wildman–Crippen MR) is 121 cm³/mol. The summed E-state index contributed by atoms with van der Waals surface area (Å²) in [5, 5.41) is 5.56. The molecule has 0 aliphatic carbocycles. The fraction of sp³-hybridized carbons (Fsp3) is 0.364. The quantitative estimate of drug-likeness (QED) is 0.544. The molecule has 0 radical (unpaired) electrons. The third kappa shape index (κ3) is 7.93. The second-order valence-electron chi connectivity index (χ2n) is 6.81. The van der Waals surface area contributed by atoms with Crippen LogP contribution in [-0.4, -0.2) is 45.5 Å². The minimum Gasteiger partial charge on any atom is -0.492 e. The van der Waals surface area contributed by atoms with Gasteiger partial charge >= 0.3 is 0 Å². The van der Waals surface area contributed by atoms with E-state index in [9.17, 15) is 18.0 Å². The Labute approximate surface area is 182 Å². The Bertz CT molecular complexity index is 1010. The SMILES string of the molecule is CCOc1cc(NC(=O)c2ccccc2)c(OCC)cc1NC(=O)CCCS(C)(=O)=O. The molecule has 0 aliphatic rings. The lowest BCUT2D eigenvalue weighted by molar-refractivity contribution is -0.116. The molecule has 0 aromatic heterocycles. The zero-order valence-corrected chi connectivity index (χ0v) is 18.8. The van der Waals surface area contributed by atoms with Gasteiger partial charge in [0.25, 0.3) is 5.91 Å². The van der Waals surface area contributed by atoms with Gasteiger partial charge in [0.2, 0.25) is 5.91 Å². The number of hydrogen-bond acceptors (Lipinski definition) is 6. The van der Waals surface area contributed by atoms with Gasteiger partial charge in [-0.2, -0.15) is 0 Å². The van der Waals surface area contributed by atoms with Crippen LogP contribution in [0.25, 0.3) is 0 Å². The second kappa shape index (κ2) is 11.4. The van der Waals surface area contributed by atoms with Crippen LogP contribution >= 0.6 is 0 Å². The first-order valence-electron chi connectivity index (χ1n) is 10.0. The monoisotopic (exact) mass is 448 g/mol. The molecule has 0 saturated heterocycles. The molecule has 0 spiro atoms. The summed E-state index contributed by atoms with van der Waals surface area (Å²) in [5.74, 6) is 0.0371. The summed E-state index contributed by atoms with van der Waals surface area (Å²) in [7, 11) is -3.13. The van der Waals surface area contributed by atoms with Gasteiger partial charge in [0, 0.05) is 30.4 Å². The van der Waals surface area contributed by atoms with Gasteiger partial charge in [-0.05, 0) is 32.4 Å². The van der Waals surface area contributed by atoms with Gasteiger partial charge in [-0.25, -0.2) is 8.42 Å². The Kier molecular flexibility index (Phi) is 8.87. The highest BCUT2D eigenvalue weighted by Gasteiger charge is 2.17. The highest BCUT2D eigenvalue weighted by molar-refractivity contribution is 7.90. The van der Waals surface area contributed by atoms with Crippen molar-refractivity contribution in [3.63, 3.8) is 0 Å². The van der Waals surface area contributed by atoms with Crippen molar-refractivity contribution < 1.29 is 27.5 Å². The van der Waals surface area contributed by atoms with Crippen molar-refractivity contribution in [2.24, 2.45) is 0 Å².